The maximum Gasteiger partial charge on any atom is 0.658 e. The second-order valence-electron chi connectivity index (χ2n) is 5.12. The molecule has 0 bridgehead atoms. The van der Waals surface area contributed by atoms with Gasteiger partial charge in [-0.1, -0.05) is 12.1 Å². The average molecular weight is 283 g/mol. The summed E-state index contributed by atoms with van der Waals surface area (Å²) in [6.45, 7) is 0. The van der Waals surface area contributed by atoms with E-state index in [1.165, 1.54) is 7.69 Å². The summed E-state index contributed by atoms with van der Waals surface area (Å²) in [6, 6.07) is 15.6. The van der Waals surface area contributed by atoms with Crippen LogP contribution in [-0.2, 0) is 0 Å². The molecule has 2 rings (SSSR count). The molecule has 0 unspecified atom stereocenters. The highest BCUT2D eigenvalue weighted by Crippen LogP contribution is 2.21. The summed E-state index contributed by atoms with van der Waals surface area (Å²) in [5.41, 5.74) is 2.16. The van der Waals surface area contributed by atoms with E-state index in [-0.39, 0.29) is 0 Å². The molecule has 0 saturated carbocycles. The van der Waals surface area contributed by atoms with E-state index in [4.69, 9.17) is 9.31 Å². The SMILES string of the molecule is CN(C)c1cccc(O[B]Oc2cccc(N(C)C)c2)c1. The molecule has 1 radical (unpaired) electrons. The zero-order chi connectivity index (χ0) is 15.2. The van der Waals surface area contributed by atoms with Crippen molar-refractivity contribution in [3.8, 4) is 11.5 Å². The summed E-state index contributed by atoms with van der Waals surface area (Å²) in [7, 11) is 9.32. The molecule has 0 saturated heterocycles. The van der Waals surface area contributed by atoms with E-state index in [0.717, 1.165) is 22.9 Å². The van der Waals surface area contributed by atoms with Gasteiger partial charge < -0.3 is 19.1 Å². The van der Waals surface area contributed by atoms with Crippen molar-refractivity contribution in [3.05, 3.63) is 48.5 Å². The molecule has 0 N–H and O–H groups in total. The van der Waals surface area contributed by atoms with Crippen molar-refractivity contribution in [2.75, 3.05) is 38.0 Å². The second kappa shape index (κ2) is 6.93. The summed E-state index contributed by atoms with van der Waals surface area (Å²) < 4.78 is 11.0. The molecular formula is C16H20BN2O2. The van der Waals surface area contributed by atoms with Crippen LogP contribution in [0.15, 0.2) is 48.5 Å². The van der Waals surface area contributed by atoms with Gasteiger partial charge in [-0.05, 0) is 24.3 Å². The van der Waals surface area contributed by atoms with E-state index in [1.54, 1.807) is 0 Å². The van der Waals surface area contributed by atoms with Crippen LogP contribution in [0.2, 0.25) is 0 Å². The first kappa shape index (κ1) is 15.1. The van der Waals surface area contributed by atoms with Crippen molar-refractivity contribution in [3.63, 3.8) is 0 Å². The minimum Gasteiger partial charge on any atom is -0.526 e. The predicted molar refractivity (Wildman–Crippen MR) is 88.5 cm³/mol. The van der Waals surface area contributed by atoms with Gasteiger partial charge in [-0.3, -0.25) is 0 Å². The lowest BCUT2D eigenvalue weighted by Gasteiger charge is -2.15. The van der Waals surface area contributed by atoms with E-state index in [2.05, 4.69) is 0 Å². The lowest BCUT2D eigenvalue weighted by atomic mass is 10.2. The number of benzene rings is 2. The zero-order valence-corrected chi connectivity index (χ0v) is 12.9. The van der Waals surface area contributed by atoms with Crippen molar-refractivity contribution in [1.29, 1.82) is 0 Å². The van der Waals surface area contributed by atoms with Gasteiger partial charge in [0.2, 0.25) is 0 Å². The predicted octanol–water partition coefficient (Wildman–Crippen LogP) is 2.81. The quantitative estimate of drug-likeness (QED) is 0.761. The number of hydrogen-bond acceptors (Lipinski definition) is 4. The van der Waals surface area contributed by atoms with Gasteiger partial charge in [-0.2, -0.15) is 0 Å². The Hall–Kier alpha value is -2.30. The molecule has 0 aromatic heterocycles. The van der Waals surface area contributed by atoms with Crippen LogP contribution >= 0.6 is 0 Å². The summed E-state index contributed by atoms with van der Waals surface area (Å²) in [4.78, 5) is 4.04. The molecule has 0 spiro atoms. The number of rotatable bonds is 6. The molecule has 2 aromatic carbocycles. The van der Waals surface area contributed by atoms with Gasteiger partial charge in [-0.25, -0.2) is 0 Å². The smallest absolute Gasteiger partial charge is 0.526 e. The van der Waals surface area contributed by atoms with Gasteiger partial charge in [0, 0.05) is 51.7 Å². The van der Waals surface area contributed by atoms with Crippen LogP contribution in [0.1, 0.15) is 0 Å². The van der Waals surface area contributed by atoms with Crippen molar-refractivity contribution >= 4 is 19.1 Å². The Morgan fingerprint density at radius 1 is 0.714 bits per heavy atom. The first-order valence-electron chi connectivity index (χ1n) is 6.76. The maximum absolute atomic E-state index is 5.51. The third kappa shape index (κ3) is 4.34. The lowest BCUT2D eigenvalue weighted by molar-refractivity contribution is 0.459. The van der Waals surface area contributed by atoms with Gasteiger partial charge in [0.25, 0.3) is 0 Å². The van der Waals surface area contributed by atoms with Gasteiger partial charge in [0.1, 0.15) is 11.5 Å². The van der Waals surface area contributed by atoms with Gasteiger partial charge in [0.05, 0.1) is 0 Å². The lowest BCUT2D eigenvalue weighted by Crippen LogP contribution is -2.13. The third-order valence-electron chi connectivity index (χ3n) is 3.04. The average Bonchev–Trinajstić information content (AvgIpc) is 2.48. The molecule has 109 valence electrons. The van der Waals surface area contributed by atoms with Crippen LogP contribution < -0.4 is 19.1 Å². The molecule has 5 heteroatoms. The number of nitrogens with zero attached hydrogens (tertiary/aromatic N) is 2. The summed E-state index contributed by atoms with van der Waals surface area (Å²) >= 11 is 0. The molecule has 21 heavy (non-hydrogen) atoms. The van der Waals surface area contributed by atoms with Gasteiger partial charge >= 0.3 is 7.69 Å². The molecule has 0 fully saturated rings. The molecule has 0 aliphatic carbocycles. The highest BCUT2D eigenvalue weighted by molar-refractivity contribution is 6.20. The molecule has 4 nitrogen and oxygen atoms in total. The summed E-state index contributed by atoms with van der Waals surface area (Å²) in [5.74, 6) is 1.48. The standard InChI is InChI=1S/C16H20BN2O2/c1-18(2)13-7-5-9-15(11-13)20-17-21-16-10-6-8-14(12-16)19(3)4/h5-12H,1-4H3. The fourth-order valence-corrected chi connectivity index (χ4v) is 1.81. The Balaban J connectivity index is 1.92. The molecule has 2 aromatic rings. The highest BCUT2D eigenvalue weighted by Gasteiger charge is 2.04. The fraction of sp³-hybridized carbons (Fsp3) is 0.250. The zero-order valence-electron chi connectivity index (χ0n) is 12.9. The summed E-state index contributed by atoms with van der Waals surface area (Å²) in [5, 5.41) is 0. The van der Waals surface area contributed by atoms with Crippen molar-refractivity contribution in [2.45, 2.75) is 0 Å². The number of hydrogen-bond donors (Lipinski definition) is 0. The van der Waals surface area contributed by atoms with Gasteiger partial charge in [0.15, 0.2) is 0 Å². The number of anilines is 2. The van der Waals surface area contributed by atoms with E-state index in [0.29, 0.717) is 0 Å². The van der Waals surface area contributed by atoms with Crippen LogP contribution in [-0.4, -0.2) is 35.9 Å². The molecule has 0 aliphatic heterocycles. The van der Waals surface area contributed by atoms with Crippen LogP contribution in [0.4, 0.5) is 11.4 Å². The minimum atomic E-state index is 0.741. The summed E-state index contributed by atoms with van der Waals surface area (Å²) in [6.07, 6.45) is 0. The molecular weight excluding hydrogens is 263 g/mol. The Bertz CT molecular complexity index is 536. The van der Waals surface area contributed by atoms with Crippen LogP contribution in [0.3, 0.4) is 0 Å². The first-order chi connectivity index (χ1) is 10.1. The van der Waals surface area contributed by atoms with Gasteiger partial charge in [-0.15, -0.1) is 0 Å². The Kier molecular flexibility index (Phi) is 4.98. The second-order valence-corrected chi connectivity index (χ2v) is 5.12. The fourth-order valence-electron chi connectivity index (χ4n) is 1.81. The normalized spacial score (nSPS) is 9.90. The Labute approximate surface area is 127 Å². The van der Waals surface area contributed by atoms with Crippen molar-refractivity contribution in [2.24, 2.45) is 0 Å². The Morgan fingerprint density at radius 2 is 1.14 bits per heavy atom. The molecule has 0 heterocycles. The van der Waals surface area contributed by atoms with Crippen LogP contribution in [0.5, 0.6) is 11.5 Å². The van der Waals surface area contributed by atoms with E-state index in [9.17, 15) is 0 Å². The van der Waals surface area contributed by atoms with Crippen molar-refractivity contribution < 1.29 is 9.31 Å². The monoisotopic (exact) mass is 283 g/mol. The maximum atomic E-state index is 5.51. The highest BCUT2D eigenvalue weighted by atomic mass is 16.6. The van der Waals surface area contributed by atoms with E-state index in [1.807, 2.05) is 86.5 Å². The third-order valence-corrected chi connectivity index (χ3v) is 3.04. The minimum absolute atomic E-state index is 0.741. The molecule has 0 atom stereocenters. The van der Waals surface area contributed by atoms with Crippen LogP contribution in [0.25, 0.3) is 0 Å². The van der Waals surface area contributed by atoms with E-state index >= 15 is 0 Å². The van der Waals surface area contributed by atoms with Crippen molar-refractivity contribution in [1.82, 2.24) is 0 Å². The molecule has 0 aliphatic rings. The topological polar surface area (TPSA) is 24.9 Å². The largest absolute Gasteiger partial charge is 0.658 e. The first-order valence-corrected chi connectivity index (χ1v) is 6.76. The Morgan fingerprint density at radius 3 is 1.52 bits per heavy atom. The van der Waals surface area contributed by atoms with Crippen LogP contribution in [0, 0.1) is 0 Å². The van der Waals surface area contributed by atoms with E-state index < -0.39 is 0 Å². The molecule has 0 amide bonds.